The van der Waals surface area contributed by atoms with Gasteiger partial charge in [-0.2, -0.15) is 0 Å². The Morgan fingerprint density at radius 3 is 2.45 bits per heavy atom. The van der Waals surface area contributed by atoms with Crippen molar-refractivity contribution < 1.29 is 28.5 Å². The lowest BCUT2D eigenvalue weighted by Gasteiger charge is -2.63. The van der Waals surface area contributed by atoms with Gasteiger partial charge in [0.2, 0.25) is 0 Å². The van der Waals surface area contributed by atoms with Crippen molar-refractivity contribution in [2.24, 2.45) is 46.3 Å². The third-order valence-corrected chi connectivity index (χ3v) is 10.5. The van der Waals surface area contributed by atoms with E-state index in [9.17, 15) is 23.8 Å². The van der Waals surface area contributed by atoms with Gasteiger partial charge in [0.05, 0.1) is 13.2 Å². The average Bonchev–Trinajstić information content (AvgIpc) is 3.05. The smallest absolute Gasteiger partial charge is 0.305 e. The van der Waals surface area contributed by atoms with Crippen LogP contribution < -0.4 is 0 Å². The first-order valence-corrected chi connectivity index (χ1v) is 12.2. The lowest BCUT2D eigenvalue weighted by molar-refractivity contribution is -0.236. The Hall–Kier alpha value is -0.750. The van der Waals surface area contributed by atoms with Crippen LogP contribution in [0.25, 0.3) is 0 Å². The Balaban J connectivity index is 1.56. The molecule has 4 aliphatic carbocycles. The highest BCUT2D eigenvalue weighted by molar-refractivity contribution is 5.69. The highest BCUT2D eigenvalue weighted by Crippen LogP contribution is 2.69. The van der Waals surface area contributed by atoms with Gasteiger partial charge in [-0.25, -0.2) is 8.78 Å². The second-order valence-corrected chi connectivity index (χ2v) is 11.8. The van der Waals surface area contributed by atoms with Gasteiger partial charge < -0.3 is 14.9 Å². The van der Waals surface area contributed by atoms with Crippen LogP contribution >= 0.6 is 0 Å². The quantitative estimate of drug-likeness (QED) is 0.613. The number of halogens is 2. The fourth-order valence-electron chi connectivity index (χ4n) is 8.85. The Morgan fingerprint density at radius 2 is 1.77 bits per heavy atom. The molecule has 0 spiro atoms. The molecule has 4 unspecified atom stereocenters. The number of carbonyl (C=O) groups excluding carboxylic acids is 1. The van der Waals surface area contributed by atoms with Gasteiger partial charge in [-0.15, -0.1) is 0 Å². The summed E-state index contributed by atoms with van der Waals surface area (Å²) in [5.74, 6) is -1.90. The fourth-order valence-corrected chi connectivity index (χ4v) is 8.85. The zero-order chi connectivity index (χ0) is 22.8. The predicted octanol–water partition coefficient (Wildman–Crippen LogP) is 4.81. The van der Waals surface area contributed by atoms with E-state index in [-0.39, 0.29) is 42.0 Å². The molecular weight excluding hydrogens is 402 g/mol. The number of alkyl halides is 2. The van der Waals surface area contributed by atoms with Crippen molar-refractivity contribution >= 4 is 5.97 Å². The van der Waals surface area contributed by atoms with Crippen LogP contribution in [0.1, 0.15) is 78.6 Å². The number of rotatable bonds is 4. The van der Waals surface area contributed by atoms with E-state index >= 15 is 0 Å². The molecule has 4 nitrogen and oxygen atoms in total. The molecule has 0 aromatic heterocycles. The molecule has 4 aliphatic rings. The third-order valence-electron chi connectivity index (χ3n) is 10.5. The van der Waals surface area contributed by atoms with Gasteiger partial charge in [0.1, 0.15) is 6.10 Å². The van der Waals surface area contributed by atoms with Gasteiger partial charge >= 0.3 is 5.97 Å². The monoisotopic (exact) mass is 442 g/mol. The number of methoxy groups -OCH3 is 1. The molecule has 0 amide bonds. The van der Waals surface area contributed by atoms with Gasteiger partial charge in [0, 0.05) is 12.8 Å². The number of aliphatic hydroxyl groups excluding tert-OH is 2. The number of hydrogen-bond donors (Lipinski definition) is 2. The molecule has 0 saturated heterocycles. The Morgan fingerprint density at radius 1 is 1.10 bits per heavy atom. The normalized spacial score (nSPS) is 49.5. The first kappa shape index (κ1) is 23.4. The summed E-state index contributed by atoms with van der Waals surface area (Å²) in [6.45, 7) is 6.58. The highest BCUT2D eigenvalue weighted by Gasteiger charge is 2.66. The molecule has 0 aromatic rings. The first-order valence-electron chi connectivity index (χ1n) is 12.2. The summed E-state index contributed by atoms with van der Waals surface area (Å²) < 4.78 is 34.0. The second-order valence-electron chi connectivity index (χ2n) is 11.8. The van der Waals surface area contributed by atoms with E-state index in [1.807, 2.05) is 6.92 Å². The van der Waals surface area contributed by atoms with Gasteiger partial charge in [-0.05, 0) is 91.3 Å². The minimum Gasteiger partial charge on any atom is -0.469 e. The van der Waals surface area contributed by atoms with Gasteiger partial charge in [-0.1, -0.05) is 20.8 Å². The second kappa shape index (κ2) is 7.93. The maximum absolute atomic E-state index is 14.6. The number of fused-ring (bicyclic) bond motifs is 5. The minimum absolute atomic E-state index is 0.0427. The van der Waals surface area contributed by atoms with E-state index in [0.717, 1.165) is 32.1 Å². The van der Waals surface area contributed by atoms with E-state index in [1.165, 1.54) is 7.11 Å². The summed E-state index contributed by atoms with van der Waals surface area (Å²) in [4.78, 5) is 11.6. The molecule has 4 saturated carbocycles. The van der Waals surface area contributed by atoms with E-state index in [1.54, 1.807) is 0 Å². The van der Waals surface area contributed by atoms with Crippen LogP contribution in [0.2, 0.25) is 0 Å². The lowest BCUT2D eigenvalue weighted by Crippen LogP contribution is -2.62. The summed E-state index contributed by atoms with van der Waals surface area (Å²) in [5, 5.41) is 21.2. The Bertz CT molecular complexity index is 699. The van der Waals surface area contributed by atoms with Crippen LogP contribution in [0.4, 0.5) is 8.78 Å². The van der Waals surface area contributed by atoms with Gasteiger partial charge in [-0.3, -0.25) is 4.79 Å². The van der Waals surface area contributed by atoms with Crippen LogP contribution in [0.5, 0.6) is 0 Å². The zero-order valence-corrected chi connectivity index (χ0v) is 19.4. The number of ether oxygens (including phenoxy) is 1. The molecule has 31 heavy (non-hydrogen) atoms. The van der Waals surface area contributed by atoms with Crippen LogP contribution in [0.15, 0.2) is 0 Å². The SMILES string of the molecule is COC(=O)CC[C@@H](C)[C@H]1CCC2C3C(O)C[C@@H]4C[C@H](O)C(F)(F)C[C@]4(C)C3CC[C@@]21C. The van der Waals surface area contributed by atoms with Crippen molar-refractivity contribution in [2.75, 3.05) is 7.11 Å². The highest BCUT2D eigenvalue weighted by atomic mass is 19.3. The molecule has 0 bridgehead atoms. The summed E-state index contributed by atoms with van der Waals surface area (Å²) in [6, 6.07) is 0. The van der Waals surface area contributed by atoms with Crippen molar-refractivity contribution in [3.8, 4) is 0 Å². The van der Waals surface area contributed by atoms with Crippen molar-refractivity contribution in [3.63, 3.8) is 0 Å². The maximum Gasteiger partial charge on any atom is 0.305 e. The van der Waals surface area contributed by atoms with Gasteiger partial charge in [0.15, 0.2) is 0 Å². The average molecular weight is 443 g/mol. The zero-order valence-electron chi connectivity index (χ0n) is 19.4. The largest absolute Gasteiger partial charge is 0.469 e. The number of esters is 1. The standard InChI is InChI=1S/C25H40F2O4/c1-14(5-8-21(30)31-4)16-6-7-17-22-18(9-10-23(16,17)2)24(3)13-25(26,27)20(29)12-15(24)11-19(22)28/h14-20,22,28-29H,5-13H2,1-4H3/t14-,15-,16-,17?,18?,19?,20+,22?,23-,24+/m1/s1. The summed E-state index contributed by atoms with van der Waals surface area (Å²) >= 11 is 0. The molecule has 2 N–H and O–H groups in total. The van der Waals surface area contributed by atoms with Crippen LogP contribution in [-0.4, -0.2) is 41.4 Å². The van der Waals surface area contributed by atoms with E-state index in [2.05, 4.69) is 13.8 Å². The molecule has 0 heterocycles. The Kier molecular flexibility index (Phi) is 5.99. The molecule has 0 radical (unpaired) electrons. The summed E-state index contributed by atoms with van der Waals surface area (Å²) in [5.41, 5.74) is -0.444. The fraction of sp³-hybridized carbons (Fsp3) is 0.960. The predicted molar refractivity (Wildman–Crippen MR) is 113 cm³/mol. The first-order chi connectivity index (χ1) is 14.4. The number of aliphatic hydroxyl groups is 2. The number of carbonyl (C=O) groups is 1. The molecule has 4 fully saturated rings. The van der Waals surface area contributed by atoms with E-state index in [0.29, 0.717) is 30.6 Å². The third kappa shape index (κ3) is 3.64. The topological polar surface area (TPSA) is 66.8 Å². The minimum atomic E-state index is -3.04. The summed E-state index contributed by atoms with van der Waals surface area (Å²) in [7, 11) is 1.42. The van der Waals surface area contributed by atoms with Crippen LogP contribution in [-0.2, 0) is 9.53 Å². The molecule has 10 atom stereocenters. The van der Waals surface area contributed by atoms with Crippen molar-refractivity contribution in [1.82, 2.24) is 0 Å². The molecule has 6 heteroatoms. The molecule has 0 aliphatic heterocycles. The van der Waals surface area contributed by atoms with Gasteiger partial charge in [0.25, 0.3) is 5.92 Å². The summed E-state index contributed by atoms with van der Waals surface area (Å²) in [6.07, 6.45) is 3.51. The van der Waals surface area contributed by atoms with Crippen molar-refractivity contribution in [1.29, 1.82) is 0 Å². The molecule has 178 valence electrons. The van der Waals surface area contributed by atoms with Crippen LogP contribution in [0.3, 0.4) is 0 Å². The van der Waals surface area contributed by atoms with Crippen molar-refractivity contribution in [3.05, 3.63) is 0 Å². The molecule has 0 aromatic carbocycles. The van der Waals surface area contributed by atoms with E-state index in [4.69, 9.17) is 4.74 Å². The van der Waals surface area contributed by atoms with E-state index < -0.39 is 23.5 Å². The molecule has 4 rings (SSSR count). The number of hydrogen-bond acceptors (Lipinski definition) is 4. The maximum atomic E-state index is 14.6. The molecular formula is C25H40F2O4. The van der Waals surface area contributed by atoms with Crippen LogP contribution in [0, 0.1) is 46.3 Å². The van der Waals surface area contributed by atoms with Crippen molar-refractivity contribution in [2.45, 2.75) is 96.7 Å². The lowest BCUT2D eigenvalue weighted by atomic mass is 9.43. The Labute approximate surface area is 185 Å².